The second-order valence-corrected chi connectivity index (χ2v) is 6.58. The molecule has 0 saturated carbocycles. The number of carbonyl (C=O) groups excluding carboxylic acids is 1. The van der Waals surface area contributed by atoms with Crippen LogP contribution >= 0.6 is 0 Å². The second kappa shape index (κ2) is 7.48. The smallest absolute Gasteiger partial charge is 0.253 e. The van der Waals surface area contributed by atoms with Crippen LogP contribution < -0.4 is 5.32 Å². The lowest BCUT2D eigenvalue weighted by molar-refractivity contribution is 0.0953. The van der Waals surface area contributed by atoms with Gasteiger partial charge in [-0.2, -0.15) is 0 Å². The summed E-state index contributed by atoms with van der Waals surface area (Å²) in [4.78, 5) is 12.6. The summed E-state index contributed by atoms with van der Waals surface area (Å²) < 4.78 is 2.12. The summed E-state index contributed by atoms with van der Waals surface area (Å²) in [6.45, 7) is 6.59. The van der Waals surface area contributed by atoms with Gasteiger partial charge in [0.2, 0.25) is 0 Å². The highest BCUT2D eigenvalue weighted by Crippen LogP contribution is 2.23. The van der Waals surface area contributed by atoms with E-state index in [1.165, 1.54) is 5.56 Å². The van der Waals surface area contributed by atoms with Gasteiger partial charge in [-0.1, -0.05) is 30.3 Å². The Morgan fingerprint density at radius 3 is 2.54 bits per heavy atom. The van der Waals surface area contributed by atoms with Crippen molar-refractivity contribution in [2.24, 2.45) is 0 Å². The zero-order chi connectivity index (χ0) is 18.7. The van der Waals surface area contributed by atoms with E-state index >= 15 is 0 Å². The van der Waals surface area contributed by atoms with Crippen LogP contribution in [0.1, 0.15) is 32.9 Å². The SMILES string of the molecule is Cc1ccccc1-n1c(C)cc(C(=O)NCCc2cccc(O)c2)c1C. The quantitative estimate of drug-likeness (QED) is 0.730. The number of aryl methyl sites for hydroxylation is 2. The maximum Gasteiger partial charge on any atom is 0.253 e. The van der Waals surface area contributed by atoms with Gasteiger partial charge in [-0.25, -0.2) is 0 Å². The predicted octanol–water partition coefficient (Wildman–Crippen LogP) is 4.08. The van der Waals surface area contributed by atoms with Gasteiger partial charge in [0.05, 0.1) is 5.56 Å². The number of hydrogen-bond donors (Lipinski definition) is 2. The Morgan fingerprint density at radius 1 is 1.04 bits per heavy atom. The van der Waals surface area contributed by atoms with Crippen LogP contribution in [0.3, 0.4) is 0 Å². The highest BCUT2D eigenvalue weighted by molar-refractivity contribution is 5.96. The Bertz CT molecular complexity index is 941. The molecule has 0 bridgehead atoms. The van der Waals surface area contributed by atoms with Gasteiger partial charge in [-0.05, 0) is 62.6 Å². The third kappa shape index (κ3) is 3.64. The lowest BCUT2D eigenvalue weighted by Crippen LogP contribution is -2.26. The number of amides is 1. The Hall–Kier alpha value is -3.01. The van der Waals surface area contributed by atoms with E-state index < -0.39 is 0 Å². The summed E-state index contributed by atoms with van der Waals surface area (Å²) in [5, 5.41) is 12.5. The van der Waals surface area contributed by atoms with Crippen LogP contribution in [0.2, 0.25) is 0 Å². The molecular formula is C22H24N2O2. The molecule has 1 heterocycles. The van der Waals surface area contributed by atoms with E-state index in [0.29, 0.717) is 18.5 Å². The number of phenolic OH excluding ortho intramolecular Hbond substituents is 1. The molecule has 0 saturated heterocycles. The summed E-state index contributed by atoms with van der Waals surface area (Å²) in [6, 6.07) is 17.2. The highest BCUT2D eigenvalue weighted by atomic mass is 16.3. The number of aromatic nitrogens is 1. The molecule has 3 aromatic rings. The second-order valence-electron chi connectivity index (χ2n) is 6.58. The van der Waals surface area contributed by atoms with Crippen LogP contribution in [0.25, 0.3) is 5.69 Å². The molecule has 0 fully saturated rings. The van der Waals surface area contributed by atoms with Crippen molar-refractivity contribution in [2.75, 3.05) is 6.54 Å². The van der Waals surface area contributed by atoms with Crippen molar-refractivity contribution < 1.29 is 9.90 Å². The van der Waals surface area contributed by atoms with E-state index in [4.69, 9.17) is 0 Å². The molecule has 1 aromatic heterocycles. The van der Waals surface area contributed by atoms with Crippen molar-refractivity contribution in [3.63, 3.8) is 0 Å². The molecule has 0 aliphatic rings. The molecule has 4 heteroatoms. The van der Waals surface area contributed by atoms with Gasteiger partial charge in [0.25, 0.3) is 5.91 Å². The van der Waals surface area contributed by atoms with E-state index in [1.807, 2.05) is 44.2 Å². The third-order valence-corrected chi connectivity index (χ3v) is 4.64. The summed E-state index contributed by atoms with van der Waals surface area (Å²) in [5.74, 6) is 0.175. The minimum atomic E-state index is -0.0712. The molecule has 2 aromatic carbocycles. The van der Waals surface area contributed by atoms with E-state index in [9.17, 15) is 9.90 Å². The number of hydrogen-bond acceptors (Lipinski definition) is 2. The van der Waals surface area contributed by atoms with Gasteiger partial charge in [0.1, 0.15) is 5.75 Å². The summed E-state index contributed by atoms with van der Waals surface area (Å²) in [5.41, 5.74) is 5.94. The lowest BCUT2D eigenvalue weighted by atomic mass is 10.1. The number of nitrogens with zero attached hydrogens (tertiary/aromatic N) is 1. The maximum absolute atomic E-state index is 12.6. The Kier molecular flexibility index (Phi) is 5.12. The van der Waals surface area contributed by atoms with Crippen molar-refractivity contribution in [1.29, 1.82) is 0 Å². The van der Waals surface area contributed by atoms with Crippen LogP contribution in [0.5, 0.6) is 5.75 Å². The minimum absolute atomic E-state index is 0.0712. The molecule has 26 heavy (non-hydrogen) atoms. The average molecular weight is 348 g/mol. The van der Waals surface area contributed by atoms with Gasteiger partial charge < -0.3 is 15.0 Å². The predicted molar refractivity (Wildman–Crippen MR) is 104 cm³/mol. The number of nitrogens with one attached hydrogen (secondary N) is 1. The molecule has 0 radical (unpaired) electrons. The zero-order valence-corrected chi connectivity index (χ0v) is 15.4. The number of benzene rings is 2. The molecular weight excluding hydrogens is 324 g/mol. The van der Waals surface area contributed by atoms with Gasteiger partial charge >= 0.3 is 0 Å². The van der Waals surface area contributed by atoms with Crippen LogP contribution in [0.4, 0.5) is 0 Å². The van der Waals surface area contributed by atoms with Crippen LogP contribution in [-0.2, 0) is 6.42 Å². The number of phenols is 1. The molecule has 2 N–H and O–H groups in total. The average Bonchev–Trinajstić information content (AvgIpc) is 2.90. The first-order valence-electron chi connectivity index (χ1n) is 8.78. The van der Waals surface area contributed by atoms with Crippen LogP contribution in [-0.4, -0.2) is 22.1 Å². The fourth-order valence-corrected chi connectivity index (χ4v) is 3.31. The summed E-state index contributed by atoms with van der Waals surface area (Å²) in [7, 11) is 0. The maximum atomic E-state index is 12.6. The first-order valence-corrected chi connectivity index (χ1v) is 8.78. The van der Waals surface area contributed by atoms with Crippen molar-refractivity contribution in [3.8, 4) is 11.4 Å². The van der Waals surface area contributed by atoms with E-state index in [2.05, 4.69) is 28.9 Å². The molecule has 3 rings (SSSR count). The fourth-order valence-electron chi connectivity index (χ4n) is 3.31. The molecule has 1 amide bonds. The Balaban J connectivity index is 1.74. The van der Waals surface area contributed by atoms with E-state index in [1.54, 1.807) is 12.1 Å². The van der Waals surface area contributed by atoms with Crippen molar-refractivity contribution in [2.45, 2.75) is 27.2 Å². The molecule has 0 unspecified atom stereocenters. The Morgan fingerprint density at radius 2 is 1.81 bits per heavy atom. The monoisotopic (exact) mass is 348 g/mol. The van der Waals surface area contributed by atoms with Crippen molar-refractivity contribution in [1.82, 2.24) is 9.88 Å². The first kappa shape index (κ1) is 17.8. The largest absolute Gasteiger partial charge is 0.508 e. The van der Waals surface area contributed by atoms with Crippen molar-refractivity contribution >= 4 is 5.91 Å². The van der Waals surface area contributed by atoms with Crippen molar-refractivity contribution in [3.05, 3.63) is 82.7 Å². The molecule has 0 atom stereocenters. The molecule has 4 nitrogen and oxygen atoms in total. The number of carbonyl (C=O) groups is 1. The Labute approximate surface area is 154 Å². The number of aromatic hydroxyl groups is 1. The van der Waals surface area contributed by atoms with E-state index in [0.717, 1.165) is 22.6 Å². The first-order chi connectivity index (χ1) is 12.5. The van der Waals surface area contributed by atoms with E-state index in [-0.39, 0.29) is 11.7 Å². The van der Waals surface area contributed by atoms with Gasteiger partial charge in [0.15, 0.2) is 0 Å². The number of rotatable bonds is 5. The molecule has 0 spiro atoms. The fraction of sp³-hybridized carbons (Fsp3) is 0.227. The molecule has 0 aliphatic carbocycles. The van der Waals surface area contributed by atoms with Crippen LogP contribution in [0, 0.1) is 20.8 Å². The summed E-state index contributed by atoms with van der Waals surface area (Å²) >= 11 is 0. The van der Waals surface area contributed by atoms with Crippen LogP contribution in [0.15, 0.2) is 54.6 Å². The van der Waals surface area contributed by atoms with Gasteiger partial charge in [-0.15, -0.1) is 0 Å². The standard InChI is InChI=1S/C22H24N2O2/c1-15-7-4-5-10-21(15)24-16(2)13-20(17(24)3)22(26)23-12-11-18-8-6-9-19(25)14-18/h4-10,13-14,25H,11-12H2,1-3H3,(H,23,26). The lowest BCUT2D eigenvalue weighted by Gasteiger charge is -2.13. The van der Waals surface area contributed by atoms with Gasteiger partial charge in [-0.3, -0.25) is 4.79 Å². The number of para-hydroxylation sites is 1. The highest BCUT2D eigenvalue weighted by Gasteiger charge is 2.17. The minimum Gasteiger partial charge on any atom is -0.508 e. The van der Waals surface area contributed by atoms with Gasteiger partial charge in [0, 0.05) is 23.6 Å². The summed E-state index contributed by atoms with van der Waals surface area (Å²) in [6.07, 6.45) is 0.677. The third-order valence-electron chi connectivity index (χ3n) is 4.64. The topological polar surface area (TPSA) is 54.3 Å². The molecule has 134 valence electrons. The zero-order valence-electron chi connectivity index (χ0n) is 15.4. The molecule has 0 aliphatic heterocycles. The normalized spacial score (nSPS) is 10.7.